The maximum atomic E-state index is 3.79. The van der Waals surface area contributed by atoms with Crippen molar-refractivity contribution in [1.29, 1.82) is 0 Å². The summed E-state index contributed by atoms with van der Waals surface area (Å²) in [6.45, 7) is 8.61. The van der Waals surface area contributed by atoms with Gasteiger partial charge in [0.25, 0.3) is 0 Å². The standard InChI is InChI=1S/C14H26N2/c1-13(2)10-16(12-5-3-4-6-12)11-14(7-8-14)9-15-13/h12,15H,3-11H2,1-2H3. The monoisotopic (exact) mass is 222 g/mol. The Kier molecular flexibility index (Phi) is 2.56. The smallest absolute Gasteiger partial charge is 0.0252 e. The van der Waals surface area contributed by atoms with E-state index in [4.69, 9.17) is 0 Å². The Bertz CT molecular complexity index is 254. The zero-order chi connectivity index (χ0) is 11.2. The van der Waals surface area contributed by atoms with Gasteiger partial charge in [0.05, 0.1) is 0 Å². The van der Waals surface area contributed by atoms with Gasteiger partial charge in [0, 0.05) is 31.2 Å². The van der Waals surface area contributed by atoms with E-state index in [1.54, 1.807) is 0 Å². The van der Waals surface area contributed by atoms with Crippen LogP contribution >= 0.6 is 0 Å². The molecule has 1 aliphatic heterocycles. The third kappa shape index (κ3) is 2.14. The van der Waals surface area contributed by atoms with Crippen molar-refractivity contribution in [2.24, 2.45) is 5.41 Å². The number of hydrogen-bond acceptors (Lipinski definition) is 2. The van der Waals surface area contributed by atoms with Crippen LogP contribution in [0.25, 0.3) is 0 Å². The highest BCUT2D eigenvalue weighted by Crippen LogP contribution is 2.48. The molecule has 3 fully saturated rings. The molecular weight excluding hydrogens is 196 g/mol. The summed E-state index contributed by atoms with van der Waals surface area (Å²) < 4.78 is 0. The molecule has 0 aromatic rings. The maximum absolute atomic E-state index is 3.79. The van der Waals surface area contributed by atoms with Gasteiger partial charge in [-0.1, -0.05) is 12.8 Å². The molecule has 0 aromatic carbocycles. The predicted molar refractivity (Wildman–Crippen MR) is 67.6 cm³/mol. The second-order valence-corrected chi connectivity index (χ2v) is 7.08. The zero-order valence-corrected chi connectivity index (χ0v) is 10.9. The number of nitrogens with zero attached hydrogens (tertiary/aromatic N) is 1. The van der Waals surface area contributed by atoms with Gasteiger partial charge >= 0.3 is 0 Å². The lowest BCUT2D eigenvalue weighted by Gasteiger charge is -2.34. The van der Waals surface area contributed by atoms with E-state index in [0.717, 1.165) is 6.04 Å². The molecule has 3 rings (SSSR count). The summed E-state index contributed by atoms with van der Waals surface area (Å²) in [6.07, 6.45) is 8.74. The van der Waals surface area contributed by atoms with Crippen LogP contribution in [0.4, 0.5) is 0 Å². The van der Waals surface area contributed by atoms with Gasteiger partial charge in [-0.2, -0.15) is 0 Å². The molecule has 0 bridgehead atoms. The molecule has 2 nitrogen and oxygen atoms in total. The zero-order valence-electron chi connectivity index (χ0n) is 10.9. The summed E-state index contributed by atoms with van der Waals surface area (Å²) in [4.78, 5) is 2.82. The predicted octanol–water partition coefficient (Wildman–Crippen LogP) is 2.39. The normalized spacial score (nSPS) is 34.1. The van der Waals surface area contributed by atoms with Crippen LogP contribution in [0.2, 0.25) is 0 Å². The lowest BCUT2D eigenvalue weighted by Crippen LogP contribution is -2.48. The SMILES string of the molecule is CC1(C)CN(C2CCCC2)CC2(CC2)CN1. The van der Waals surface area contributed by atoms with Crippen molar-refractivity contribution >= 4 is 0 Å². The van der Waals surface area contributed by atoms with E-state index in [1.807, 2.05) is 0 Å². The largest absolute Gasteiger partial charge is 0.310 e. The summed E-state index contributed by atoms with van der Waals surface area (Å²) in [5.74, 6) is 0. The van der Waals surface area contributed by atoms with Crippen LogP contribution in [0.15, 0.2) is 0 Å². The summed E-state index contributed by atoms with van der Waals surface area (Å²) in [5, 5.41) is 3.79. The van der Waals surface area contributed by atoms with Gasteiger partial charge in [-0.05, 0) is 44.9 Å². The molecule has 0 amide bonds. The van der Waals surface area contributed by atoms with E-state index in [-0.39, 0.29) is 0 Å². The molecule has 0 radical (unpaired) electrons. The topological polar surface area (TPSA) is 15.3 Å². The quantitative estimate of drug-likeness (QED) is 0.733. The summed E-state index contributed by atoms with van der Waals surface area (Å²) >= 11 is 0. The highest BCUT2D eigenvalue weighted by Gasteiger charge is 2.48. The molecule has 1 heterocycles. The molecule has 2 aliphatic carbocycles. The minimum atomic E-state index is 0.314. The third-order valence-corrected chi connectivity index (χ3v) is 4.88. The van der Waals surface area contributed by atoms with E-state index in [0.29, 0.717) is 11.0 Å². The lowest BCUT2D eigenvalue weighted by molar-refractivity contribution is 0.154. The second-order valence-electron chi connectivity index (χ2n) is 7.08. The number of hydrogen-bond donors (Lipinski definition) is 1. The van der Waals surface area contributed by atoms with Crippen molar-refractivity contribution in [1.82, 2.24) is 10.2 Å². The van der Waals surface area contributed by atoms with Gasteiger partial charge in [-0.25, -0.2) is 0 Å². The lowest BCUT2D eigenvalue weighted by atomic mass is 10.0. The first-order valence-electron chi connectivity index (χ1n) is 7.08. The van der Waals surface area contributed by atoms with Gasteiger partial charge in [-0.15, -0.1) is 0 Å². The van der Waals surface area contributed by atoms with Gasteiger partial charge < -0.3 is 5.32 Å². The minimum absolute atomic E-state index is 0.314. The molecule has 16 heavy (non-hydrogen) atoms. The van der Waals surface area contributed by atoms with Crippen LogP contribution < -0.4 is 5.32 Å². The van der Waals surface area contributed by atoms with E-state index < -0.39 is 0 Å². The molecule has 92 valence electrons. The third-order valence-electron chi connectivity index (χ3n) is 4.88. The van der Waals surface area contributed by atoms with Gasteiger partial charge in [0.15, 0.2) is 0 Å². The van der Waals surface area contributed by atoms with Crippen LogP contribution in [-0.2, 0) is 0 Å². The Labute approximate surface area is 99.8 Å². The highest BCUT2D eigenvalue weighted by atomic mass is 15.2. The number of nitrogens with one attached hydrogen (secondary N) is 1. The average Bonchev–Trinajstić information content (AvgIpc) is 2.81. The molecular formula is C14H26N2. The first-order chi connectivity index (χ1) is 7.59. The summed E-state index contributed by atoms with van der Waals surface area (Å²) in [5.41, 5.74) is 0.977. The Hall–Kier alpha value is -0.0800. The molecule has 2 saturated carbocycles. The fourth-order valence-corrected chi connectivity index (χ4v) is 3.57. The van der Waals surface area contributed by atoms with Gasteiger partial charge in [0.2, 0.25) is 0 Å². The molecule has 1 saturated heterocycles. The molecule has 0 atom stereocenters. The van der Waals surface area contributed by atoms with Crippen molar-refractivity contribution in [2.75, 3.05) is 19.6 Å². The molecule has 1 spiro atoms. The molecule has 0 aromatic heterocycles. The minimum Gasteiger partial charge on any atom is -0.310 e. The summed E-state index contributed by atoms with van der Waals surface area (Å²) in [7, 11) is 0. The highest BCUT2D eigenvalue weighted by molar-refractivity contribution is 5.03. The van der Waals surface area contributed by atoms with Crippen molar-refractivity contribution in [3.05, 3.63) is 0 Å². The molecule has 0 unspecified atom stereocenters. The second kappa shape index (κ2) is 3.71. The Morgan fingerprint density at radius 2 is 1.75 bits per heavy atom. The average molecular weight is 222 g/mol. The van der Waals surface area contributed by atoms with Crippen molar-refractivity contribution in [3.8, 4) is 0 Å². The number of rotatable bonds is 1. The molecule has 1 N–H and O–H groups in total. The van der Waals surface area contributed by atoms with Crippen molar-refractivity contribution in [2.45, 2.75) is 64.0 Å². The van der Waals surface area contributed by atoms with E-state index >= 15 is 0 Å². The first-order valence-corrected chi connectivity index (χ1v) is 7.08. The maximum Gasteiger partial charge on any atom is 0.0252 e. The molecule has 2 heteroatoms. The van der Waals surface area contributed by atoms with Crippen LogP contribution in [0.5, 0.6) is 0 Å². The summed E-state index contributed by atoms with van der Waals surface area (Å²) in [6, 6.07) is 0.900. The van der Waals surface area contributed by atoms with Crippen LogP contribution in [0.3, 0.4) is 0 Å². The van der Waals surface area contributed by atoms with Gasteiger partial charge in [0.1, 0.15) is 0 Å². The van der Waals surface area contributed by atoms with Crippen LogP contribution in [0, 0.1) is 5.41 Å². The van der Waals surface area contributed by atoms with Crippen LogP contribution in [-0.4, -0.2) is 36.1 Å². The van der Waals surface area contributed by atoms with E-state index in [9.17, 15) is 0 Å². The van der Waals surface area contributed by atoms with Gasteiger partial charge in [-0.3, -0.25) is 4.90 Å². The van der Waals surface area contributed by atoms with Crippen molar-refractivity contribution < 1.29 is 0 Å². The first kappa shape index (κ1) is 11.0. The fourth-order valence-electron chi connectivity index (χ4n) is 3.57. The van der Waals surface area contributed by atoms with E-state index in [1.165, 1.54) is 58.2 Å². The van der Waals surface area contributed by atoms with Crippen LogP contribution in [0.1, 0.15) is 52.4 Å². The fraction of sp³-hybridized carbons (Fsp3) is 1.00. The molecule has 3 aliphatic rings. The van der Waals surface area contributed by atoms with E-state index in [2.05, 4.69) is 24.1 Å². The Morgan fingerprint density at radius 1 is 1.06 bits per heavy atom. The Morgan fingerprint density at radius 3 is 2.38 bits per heavy atom. The Balaban J connectivity index is 1.74. The van der Waals surface area contributed by atoms with Crippen molar-refractivity contribution in [3.63, 3.8) is 0 Å².